The molecule has 0 saturated carbocycles. The van der Waals surface area contributed by atoms with Crippen LogP contribution in [0.25, 0.3) is 0 Å². The molecule has 6 nitrogen and oxygen atoms in total. The van der Waals surface area contributed by atoms with Gasteiger partial charge in [-0.2, -0.15) is 0 Å². The summed E-state index contributed by atoms with van der Waals surface area (Å²) >= 11 is 0. The Labute approximate surface area is 117 Å². The Balaban J connectivity index is 2.29. The Morgan fingerprint density at radius 1 is 1.55 bits per heavy atom. The zero-order chi connectivity index (χ0) is 14.9. The summed E-state index contributed by atoms with van der Waals surface area (Å²) in [5, 5.41) is 20.6. The van der Waals surface area contributed by atoms with E-state index < -0.39 is 11.0 Å². The van der Waals surface area contributed by atoms with E-state index in [4.69, 9.17) is 0 Å². The largest absolute Gasteiger partial charge is 0.393 e. The second kappa shape index (κ2) is 5.58. The SMILES string of the molecule is Cc1cccc([N+](=O)[O-])c1C(=O)N1CCC(C(C)O)C1. The van der Waals surface area contributed by atoms with Gasteiger partial charge in [0.05, 0.1) is 11.0 Å². The molecule has 0 bridgehead atoms. The number of aryl methyl sites for hydroxylation is 1. The number of amides is 1. The number of benzene rings is 1. The lowest BCUT2D eigenvalue weighted by molar-refractivity contribution is -0.385. The van der Waals surface area contributed by atoms with Crippen LogP contribution in [0.1, 0.15) is 29.3 Å². The molecule has 108 valence electrons. The minimum Gasteiger partial charge on any atom is -0.393 e. The minimum absolute atomic E-state index is 0.0435. The van der Waals surface area contributed by atoms with Crippen molar-refractivity contribution in [2.75, 3.05) is 13.1 Å². The lowest BCUT2D eigenvalue weighted by Gasteiger charge is -2.18. The minimum atomic E-state index is -0.525. The summed E-state index contributed by atoms with van der Waals surface area (Å²) in [6.45, 7) is 4.37. The molecule has 1 amide bonds. The van der Waals surface area contributed by atoms with Crippen molar-refractivity contribution in [1.82, 2.24) is 4.90 Å². The Morgan fingerprint density at radius 2 is 2.25 bits per heavy atom. The van der Waals surface area contributed by atoms with Crippen molar-refractivity contribution in [2.45, 2.75) is 26.4 Å². The van der Waals surface area contributed by atoms with Gasteiger partial charge in [-0.05, 0) is 25.8 Å². The number of nitro groups is 1. The van der Waals surface area contributed by atoms with Crippen LogP contribution in [0.3, 0.4) is 0 Å². The third-order valence-electron chi connectivity index (χ3n) is 3.86. The molecule has 20 heavy (non-hydrogen) atoms. The van der Waals surface area contributed by atoms with Crippen molar-refractivity contribution in [3.05, 3.63) is 39.4 Å². The third kappa shape index (κ3) is 2.65. The predicted molar refractivity (Wildman–Crippen MR) is 73.5 cm³/mol. The topological polar surface area (TPSA) is 83.7 Å². The summed E-state index contributed by atoms with van der Waals surface area (Å²) in [5.74, 6) is -0.278. The zero-order valence-corrected chi connectivity index (χ0v) is 11.6. The number of hydrogen-bond acceptors (Lipinski definition) is 4. The lowest BCUT2D eigenvalue weighted by Crippen LogP contribution is -2.31. The van der Waals surface area contributed by atoms with E-state index in [2.05, 4.69) is 0 Å². The molecule has 0 spiro atoms. The van der Waals surface area contributed by atoms with Gasteiger partial charge in [0, 0.05) is 25.1 Å². The Morgan fingerprint density at radius 3 is 2.80 bits per heavy atom. The normalized spacial score (nSPS) is 19.9. The highest BCUT2D eigenvalue weighted by Gasteiger charge is 2.33. The average molecular weight is 278 g/mol. The van der Waals surface area contributed by atoms with E-state index in [9.17, 15) is 20.0 Å². The number of carbonyl (C=O) groups excluding carboxylic acids is 1. The lowest BCUT2D eigenvalue weighted by atomic mass is 10.0. The number of aliphatic hydroxyl groups is 1. The van der Waals surface area contributed by atoms with Gasteiger partial charge >= 0.3 is 0 Å². The summed E-state index contributed by atoms with van der Waals surface area (Å²) < 4.78 is 0. The standard InChI is InChI=1S/C14H18N2O4/c1-9-4-3-5-12(16(19)20)13(9)14(18)15-7-6-11(8-15)10(2)17/h3-5,10-11,17H,6-8H2,1-2H3. The first-order chi connectivity index (χ1) is 9.41. The summed E-state index contributed by atoms with van der Waals surface area (Å²) in [6, 6.07) is 4.62. The fourth-order valence-corrected chi connectivity index (χ4v) is 2.61. The fourth-order valence-electron chi connectivity index (χ4n) is 2.61. The molecular formula is C14H18N2O4. The van der Waals surface area contributed by atoms with Gasteiger partial charge in [-0.1, -0.05) is 12.1 Å². The van der Waals surface area contributed by atoms with Crippen LogP contribution in [-0.2, 0) is 0 Å². The highest BCUT2D eigenvalue weighted by atomic mass is 16.6. The molecule has 1 aliphatic rings. The molecule has 1 heterocycles. The summed E-state index contributed by atoms with van der Waals surface area (Å²) in [6.07, 6.45) is 0.253. The van der Waals surface area contributed by atoms with Crippen LogP contribution in [-0.4, -0.2) is 40.0 Å². The molecule has 1 aromatic carbocycles. The van der Waals surface area contributed by atoms with Crippen LogP contribution in [0, 0.1) is 23.0 Å². The van der Waals surface area contributed by atoms with Crippen LogP contribution < -0.4 is 0 Å². The molecule has 0 aliphatic carbocycles. The molecule has 1 saturated heterocycles. The van der Waals surface area contributed by atoms with Crippen LogP contribution in [0.2, 0.25) is 0 Å². The van der Waals surface area contributed by atoms with Gasteiger partial charge in [0.1, 0.15) is 5.56 Å². The van der Waals surface area contributed by atoms with Crippen LogP contribution in [0.5, 0.6) is 0 Å². The maximum atomic E-state index is 12.5. The van der Waals surface area contributed by atoms with Gasteiger partial charge in [0.15, 0.2) is 0 Å². The molecule has 2 atom stereocenters. The van der Waals surface area contributed by atoms with E-state index in [0.29, 0.717) is 18.7 Å². The molecule has 0 aromatic heterocycles. The van der Waals surface area contributed by atoms with E-state index in [-0.39, 0.29) is 23.1 Å². The monoisotopic (exact) mass is 278 g/mol. The molecule has 0 radical (unpaired) electrons. The smallest absolute Gasteiger partial charge is 0.282 e. The molecule has 1 aromatic rings. The number of hydrogen-bond donors (Lipinski definition) is 1. The van der Waals surface area contributed by atoms with E-state index in [1.165, 1.54) is 6.07 Å². The van der Waals surface area contributed by atoms with Gasteiger partial charge in [0.25, 0.3) is 11.6 Å². The summed E-state index contributed by atoms with van der Waals surface area (Å²) in [7, 11) is 0. The van der Waals surface area contributed by atoms with Crippen molar-refractivity contribution in [1.29, 1.82) is 0 Å². The number of carbonyl (C=O) groups is 1. The van der Waals surface area contributed by atoms with Crippen molar-refractivity contribution >= 4 is 11.6 Å². The second-order valence-electron chi connectivity index (χ2n) is 5.27. The Kier molecular flexibility index (Phi) is 4.04. The first-order valence-electron chi connectivity index (χ1n) is 6.63. The van der Waals surface area contributed by atoms with Crippen LogP contribution in [0.15, 0.2) is 18.2 Å². The molecule has 2 rings (SSSR count). The fraction of sp³-hybridized carbons (Fsp3) is 0.500. The molecule has 1 aliphatic heterocycles. The van der Waals surface area contributed by atoms with Gasteiger partial charge in [0.2, 0.25) is 0 Å². The first-order valence-corrected chi connectivity index (χ1v) is 6.63. The number of aliphatic hydroxyl groups excluding tert-OH is 1. The van der Waals surface area contributed by atoms with Crippen molar-refractivity contribution < 1.29 is 14.8 Å². The van der Waals surface area contributed by atoms with E-state index in [0.717, 1.165) is 6.42 Å². The van der Waals surface area contributed by atoms with Gasteiger partial charge in [-0.25, -0.2) is 0 Å². The number of nitrogens with zero attached hydrogens (tertiary/aromatic N) is 2. The quantitative estimate of drug-likeness (QED) is 0.674. The van der Waals surface area contributed by atoms with Gasteiger partial charge in [-0.3, -0.25) is 14.9 Å². The van der Waals surface area contributed by atoms with Gasteiger partial charge < -0.3 is 10.0 Å². The van der Waals surface area contributed by atoms with Crippen molar-refractivity contribution in [3.63, 3.8) is 0 Å². The van der Waals surface area contributed by atoms with Crippen LogP contribution >= 0.6 is 0 Å². The maximum absolute atomic E-state index is 12.5. The predicted octanol–water partition coefficient (Wildman–Crippen LogP) is 1.75. The highest BCUT2D eigenvalue weighted by molar-refractivity contribution is 5.99. The molecule has 1 fully saturated rings. The first kappa shape index (κ1) is 14.5. The molecular weight excluding hydrogens is 260 g/mol. The molecule has 1 N–H and O–H groups in total. The second-order valence-corrected chi connectivity index (χ2v) is 5.27. The summed E-state index contributed by atoms with van der Waals surface area (Å²) in [5.41, 5.74) is 0.601. The molecule has 2 unspecified atom stereocenters. The summed E-state index contributed by atoms with van der Waals surface area (Å²) in [4.78, 5) is 24.6. The Hall–Kier alpha value is -1.95. The van der Waals surface area contributed by atoms with Crippen molar-refractivity contribution in [3.8, 4) is 0 Å². The number of rotatable bonds is 3. The number of likely N-dealkylation sites (tertiary alicyclic amines) is 1. The molecule has 6 heteroatoms. The number of nitro benzene ring substituents is 1. The van der Waals surface area contributed by atoms with E-state index in [1.807, 2.05) is 0 Å². The van der Waals surface area contributed by atoms with E-state index in [1.54, 1.807) is 30.9 Å². The maximum Gasteiger partial charge on any atom is 0.282 e. The van der Waals surface area contributed by atoms with Gasteiger partial charge in [-0.15, -0.1) is 0 Å². The van der Waals surface area contributed by atoms with E-state index >= 15 is 0 Å². The van der Waals surface area contributed by atoms with Crippen LogP contribution in [0.4, 0.5) is 5.69 Å². The van der Waals surface area contributed by atoms with Crippen molar-refractivity contribution in [2.24, 2.45) is 5.92 Å². The average Bonchev–Trinajstić information content (AvgIpc) is 2.87. The highest BCUT2D eigenvalue weighted by Crippen LogP contribution is 2.27. The Bertz CT molecular complexity index is 542. The zero-order valence-electron chi connectivity index (χ0n) is 11.6. The third-order valence-corrected chi connectivity index (χ3v) is 3.86.